The lowest BCUT2D eigenvalue weighted by atomic mass is 9.90. The molecule has 2 fully saturated rings. The first-order chi connectivity index (χ1) is 11.6. The Morgan fingerprint density at radius 3 is 2.83 bits per heavy atom. The van der Waals surface area contributed by atoms with E-state index >= 15 is 0 Å². The predicted molar refractivity (Wildman–Crippen MR) is 94.3 cm³/mol. The second-order valence-corrected chi connectivity index (χ2v) is 9.45. The van der Waals surface area contributed by atoms with Crippen molar-refractivity contribution >= 4 is 10.0 Å². The van der Waals surface area contributed by atoms with Crippen molar-refractivity contribution in [3.8, 4) is 0 Å². The van der Waals surface area contributed by atoms with Gasteiger partial charge in [0.25, 0.3) is 0 Å². The van der Waals surface area contributed by atoms with Gasteiger partial charge in [-0.15, -0.1) is 0 Å². The molecule has 2 aliphatic heterocycles. The summed E-state index contributed by atoms with van der Waals surface area (Å²) in [6.07, 6.45) is 9.69. The Morgan fingerprint density at radius 2 is 2.00 bits per heavy atom. The summed E-state index contributed by atoms with van der Waals surface area (Å²) in [5.41, 5.74) is 4.15. The minimum atomic E-state index is -3.01. The molecule has 24 heavy (non-hydrogen) atoms. The van der Waals surface area contributed by atoms with Gasteiger partial charge in [0.15, 0.2) is 0 Å². The zero-order chi connectivity index (χ0) is 16.6. The van der Waals surface area contributed by atoms with Gasteiger partial charge in [0.05, 0.1) is 11.4 Å². The summed E-state index contributed by atoms with van der Waals surface area (Å²) in [4.78, 5) is 7.08. The fraction of sp³-hybridized carbons (Fsp3) is 0.722. The van der Waals surface area contributed by atoms with Crippen molar-refractivity contribution < 1.29 is 8.42 Å². The number of hydrogen-bond donors (Lipinski definition) is 0. The average molecular weight is 350 g/mol. The van der Waals surface area contributed by atoms with E-state index in [1.165, 1.54) is 36.1 Å². The molecule has 132 valence electrons. The number of hydrogen-bond acceptors (Lipinski definition) is 4. The van der Waals surface area contributed by atoms with Crippen LogP contribution in [0.25, 0.3) is 0 Å². The molecule has 2 saturated heterocycles. The van der Waals surface area contributed by atoms with Crippen LogP contribution in [0.3, 0.4) is 0 Å². The van der Waals surface area contributed by atoms with Crippen LogP contribution in [0.15, 0.2) is 12.3 Å². The summed E-state index contributed by atoms with van der Waals surface area (Å²) in [7, 11) is -3.01. The quantitative estimate of drug-likeness (QED) is 0.837. The SMILES string of the molecule is O=S1(=O)CCCN1C1CCCN(Cc2nccc3c2CCCC3)C1. The van der Waals surface area contributed by atoms with Gasteiger partial charge in [-0.2, -0.15) is 4.31 Å². The van der Waals surface area contributed by atoms with E-state index < -0.39 is 10.0 Å². The Balaban J connectivity index is 1.48. The molecule has 0 aromatic carbocycles. The molecular formula is C18H27N3O2S. The van der Waals surface area contributed by atoms with Crippen LogP contribution in [-0.4, -0.2) is 54.0 Å². The molecule has 6 heteroatoms. The maximum atomic E-state index is 12.2. The summed E-state index contributed by atoms with van der Waals surface area (Å²) < 4.78 is 26.2. The van der Waals surface area contributed by atoms with Crippen molar-refractivity contribution in [2.75, 3.05) is 25.4 Å². The Morgan fingerprint density at radius 1 is 1.12 bits per heavy atom. The molecule has 3 heterocycles. The molecule has 5 nitrogen and oxygen atoms in total. The molecule has 3 aliphatic rings. The fourth-order valence-electron chi connectivity index (χ4n) is 4.56. The molecule has 0 spiro atoms. The molecular weight excluding hydrogens is 322 g/mol. The number of pyridine rings is 1. The minimum absolute atomic E-state index is 0.158. The summed E-state index contributed by atoms with van der Waals surface area (Å²) in [6, 6.07) is 2.33. The van der Waals surface area contributed by atoms with Crippen molar-refractivity contribution in [3.05, 3.63) is 29.1 Å². The molecule has 1 aromatic heterocycles. The monoisotopic (exact) mass is 349 g/mol. The standard InChI is InChI=1S/C18H27N3O2S/c22-24(23)12-4-11-21(24)16-6-3-10-20(13-16)14-18-17-7-2-1-5-15(17)8-9-19-18/h8-9,16H,1-7,10-14H2. The zero-order valence-electron chi connectivity index (χ0n) is 14.3. The van der Waals surface area contributed by atoms with Crippen LogP contribution in [0.5, 0.6) is 0 Å². The first-order valence-corrected chi connectivity index (χ1v) is 10.9. The highest BCUT2D eigenvalue weighted by Gasteiger charge is 2.36. The van der Waals surface area contributed by atoms with Gasteiger partial charge in [0.1, 0.15) is 0 Å². The second kappa shape index (κ2) is 6.73. The van der Waals surface area contributed by atoms with Crippen LogP contribution in [-0.2, 0) is 29.4 Å². The van der Waals surface area contributed by atoms with Gasteiger partial charge >= 0.3 is 0 Å². The maximum absolute atomic E-state index is 12.2. The molecule has 1 aromatic rings. The highest BCUT2D eigenvalue weighted by atomic mass is 32.2. The molecule has 1 atom stereocenters. The van der Waals surface area contributed by atoms with Crippen LogP contribution < -0.4 is 0 Å². The van der Waals surface area contributed by atoms with Crippen LogP contribution in [0.1, 0.15) is 48.9 Å². The van der Waals surface area contributed by atoms with Crippen molar-refractivity contribution in [1.29, 1.82) is 0 Å². The van der Waals surface area contributed by atoms with Gasteiger partial charge in [0.2, 0.25) is 10.0 Å². The van der Waals surface area contributed by atoms with Crippen LogP contribution in [0.4, 0.5) is 0 Å². The van der Waals surface area contributed by atoms with E-state index in [0.29, 0.717) is 12.3 Å². The maximum Gasteiger partial charge on any atom is 0.214 e. The van der Waals surface area contributed by atoms with E-state index in [1.54, 1.807) is 4.31 Å². The first kappa shape index (κ1) is 16.5. The van der Waals surface area contributed by atoms with Crippen molar-refractivity contribution in [3.63, 3.8) is 0 Å². The van der Waals surface area contributed by atoms with Gasteiger partial charge < -0.3 is 0 Å². The number of aromatic nitrogens is 1. The number of aryl methyl sites for hydroxylation is 1. The number of nitrogens with zero attached hydrogens (tertiary/aromatic N) is 3. The van der Waals surface area contributed by atoms with Crippen molar-refractivity contribution in [2.24, 2.45) is 0 Å². The lowest BCUT2D eigenvalue weighted by molar-refractivity contribution is 0.145. The summed E-state index contributed by atoms with van der Waals surface area (Å²) in [5.74, 6) is 0.331. The van der Waals surface area contributed by atoms with Gasteiger partial charge in [-0.1, -0.05) is 0 Å². The van der Waals surface area contributed by atoms with E-state index in [4.69, 9.17) is 0 Å². The number of fused-ring (bicyclic) bond motifs is 1. The summed E-state index contributed by atoms with van der Waals surface area (Å²) in [5, 5.41) is 0. The first-order valence-electron chi connectivity index (χ1n) is 9.31. The van der Waals surface area contributed by atoms with E-state index in [-0.39, 0.29) is 6.04 Å². The van der Waals surface area contributed by atoms with Crippen LogP contribution in [0, 0.1) is 0 Å². The Hall–Kier alpha value is -0.980. The number of likely N-dealkylation sites (tertiary alicyclic amines) is 1. The summed E-state index contributed by atoms with van der Waals surface area (Å²) in [6.45, 7) is 3.48. The Kier molecular flexibility index (Phi) is 4.62. The van der Waals surface area contributed by atoms with E-state index in [1.807, 2.05) is 6.20 Å². The van der Waals surface area contributed by atoms with Gasteiger partial charge in [-0.25, -0.2) is 8.42 Å². The van der Waals surface area contributed by atoms with Crippen LogP contribution >= 0.6 is 0 Å². The minimum Gasteiger partial charge on any atom is -0.296 e. The van der Waals surface area contributed by atoms with Gasteiger partial charge in [0, 0.05) is 31.9 Å². The Bertz CT molecular complexity index is 704. The highest BCUT2D eigenvalue weighted by molar-refractivity contribution is 7.89. The third-order valence-electron chi connectivity index (χ3n) is 5.76. The molecule has 0 bridgehead atoms. The molecule has 1 aliphatic carbocycles. The van der Waals surface area contributed by atoms with E-state index in [9.17, 15) is 8.42 Å². The smallest absolute Gasteiger partial charge is 0.214 e. The van der Waals surface area contributed by atoms with Gasteiger partial charge in [-0.05, 0) is 68.7 Å². The molecule has 0 radical (unpaired) electrons. The number of piperidine rings is 1. The molecule has 1 unspecified atom stereocenters. The van der Waals surface area contributed by atoms with Crippen LogP contribution in [0.2, 0.25) is 0 Å². The molecule has 0 amide bonds. The lowest BCUT2D eigenvalue weighted by Gasteiger charge is -2.37. The Labute approximate surface area is 145 Å². The second-order valence-electron chi connectivity index (χ2n) is 7.41. The third-order valence-corrected chi connectivity index (χ3v) is 7.76. The predicted octanol–water partition coefficient (Wildman–Crippen LogP) is 1.96. The average Bonchev–Trinajstić information content (AvgIpc) is 2.95. The highest BCUT2D eigenvalue weighted by Crippen LogP contribution is 2.27. The third kappa shape index (κ3) is 3.24. The zero-order valence-corrected chi connectivity index (χ0v) is 15.1. The summed E-state index contributed by atoms with van der Waals surface area (Å²) >= 11 is 0. The number of rotatable bonds is 3. The van der Waals surface area contributed by atoms with Crippen molar-refractivity contribution in [1.82, 2.24) is 14.2 Å². The largest absolute Gasteiger partial charge is 0.296 e. The lowest BCUT2D eigenvalue weighted by Crippen LogP contribution is -2.48. The molecule has 0 N–H and O–H groups in total. The molecule has 4 rings (SSSR count). The van der Waals surface area contributed by atoms with Gasteiger partial charge in [-0.3, -0.25) is 9.88 Å². The van der Waals surface area contributed by atoms with Crippen molar-refractivity contribution in [2.45, 2.75) is 57.5 Å². The molecule has 0 saturated carbocycles. The van der Waals surface area contributed by atoms with E-state index in [2.05, 4.69) is 16.0 Å². The fourth-order valence-corrected chi connectivity index (χ4v) is 6.33. The normalized spacial score (nSPS) is 27.9. The topological polar surface area (TPSA) is 53.5 Å². The number of sulfonamides is 1. The van der Waals surface area contributed by atoms with E-state index in [0.717, 1.165) is 45.3 Å².